The van der Waals surface area contributed by atoms with Crippen LogP contribution in [0.1, 0.15) is 48.2 Å². The third kappa shape index (κ3) is 6.32. The Hall–Kier alpha value is -2.86. The molecule has 0 heterocycles. The number of aryl methyl sites for hydroxylation is 1. The van der Waals surface area contributed by atoms with Gasteiger partial charge in [0.25, 0.3) is 11.8 Å². The van der Waals surface area contributed by atoms with Crippen molar-refractivity contribution < 1.29 is 19.1 Å². The molecular formula is C23H30N2O4. The summed E-state index contributed by atoms with van der Waals surface area (Å²) < 4.78 is 10.9. The second-order valence-corrected chi connectivity index (χ2v) is 7.24. The van der Waals surface area contributed by atoms with Crippen molar-refractivity contribution in [3.05, 3.63) is 59.2 Å². The Morgan fingerprint density at radius 2 is 1.79 bits per heavy atom. The molecular weight excluding hydrogens is 368 g/mol. The van der Waals surface area contributed by atoms with Gasteiger partial charge in [0.15, 0.2) is 6.10 Å². The van der Waals surface area contributed by atoms with Crippen LogP contribution in [0.3, 0.4) is 0 Å². The van der Waals surface area contributed by atoms with Crippen molar-refractivity contribution in [3.63, 3.8) is 0 Å². The zero-order valence-electron chi connectivity index (χ0n) is 17.7. The molecule has 1 atom stereocenters. The summed E-state index contributed by atoms with van der Waals surface area (Å²) >= 11 is 0. The third-order valence-corrected chi connectivity index (χ3v) is 4.49. The van der Waals surface area contributed by atoms with E-state index < -0.39 is 6.10 Å². The largest absolute Gasteiger partial charge is 0.481 e. The summed E-state index contributed by atoms with van der Waals surface area (Å²) in [5.74, 6) is 0.385. The van der Waals surface area contributed by atoms with Gasteiger partial charge >= 0.3 is 0 Å². The fourth-order valence-corrected chi connectivity index (χ4v) is 2.85. The Bertz CT molecular complexity index is 849. The number of amides is 2. The smallest absolute Gasteiger partial charge is 0.265 e. The van der Waals surface area contributed by atoms with Gasteiger partial charge in [0.1, 0.15) is 5.75 Å². The van der Waals surface area contributed by atoms with Gasteiger partial charge in [0.2, 0.25) is 0 Å². The van der Waals surface area contributed by atoms with E-state index in [0.29, 0.717) is 30.2 Å². The first-order chi connectivity index (χ1) is 13.8. The molecule has 2 aromatic carbocycles. The molecule has 0 bridgehead atoms. The maximum absolute atomic E-state index is 12.7. The molecule has 2 amide bonds. The summed E-state index contributed by atoms with van der Waals surface area (Å²) in [4.78, 5) is 25.1. The van der Waals surface area contributed by atoms with Crippen molar-refractivity contribution >= 4 is 17.5 Å². The first-order valence-corrected chi connectivity index (χ1v) is 9.77. The number of hydrogen-bond acceptors (Lipinski definition) is 4. The van der Waals surface area contributed by atoms with Crippen molar-refractivity contribution in [3.8, 4) is 5.75 Å². The fourth-order valence-electron chi connectivity index (χ4n) is 2.85. The van der Waals surface area contributed by atoms with Gasteiger partial charge in [-0.1, -0.05) is 38.1 Å². The lowest BCUT2D eigenvalue weighted by Gasteiger charge is -2.20. The van der Waals surface area contributed by atoms with Crippen molar-refractivity contribution in [1.82, 2.24) is 5.32 Å². The van der Waals surface area contributed by atoms with Crippen LogP contribution in [0, 0.1) is 6.92 Å². The molecule has 2 N–H and O–H groups in total. The Morgan fingerprint density at radius 1 is 1.07 bits per heavy atom. The summed E-state index contributed by atoms with van der Waals surface area (Å²) in [7, 11) is 1.57. The van der Waals surface area contributed by atoms with Gasteiger partial charge in [0.05, 0.1) is 17.9 Å². The summed E-state index contributed by atoms with van der Waals surface area (Å²) in [6.45, 7) is 8.66. The first kappa shape index (κ1) is 22.4. The molecule has 0 aliphatic carbocycles. The summed E-state index contributed by atoms with van der Waals surface area (Å²) in [5.41, 5.74) is 2.95. The minimum absolute atomic E-state index is 0.271. The Morgan fingerprint density at radius 3 is 2.48 bits per heavy atom. The molecule has 0 aromatic heterocycles. The van der Waals surface area contributed by atoms with Crippen LogP contribution in [-0.4, -0.2) is 38.2 Å². The van der Waals surface area contributed by atoms with Crippen molar-refractivity contribution in [2.75, 3.05) is 25.6 Å². The number of methoxy groups -OCH3 is 1. The van der Waals surface area contributed by atoms with Crippen molar-refractivity contribution in [2.24, 2.45) is 0 Å². The van der Waals surface area contributed by atoms with E-state index in [0.717, 1.165) is 11.1 Å². The van der Waals surface area contributed by atoms with Gasteiger partial charge in [-0.3, -0.25) is 9.59 Å². The fraction of sp³-hybridized carbons (Fsp3) is 0.391. The normalized spacial score (nSPS) is 11.8. The predicted molar refractivity (Wildman–Crippen MR) is 115 cm³/mol. The van der Waals surface area contributed by atoms with Crippen LogP contribution in [-0.2, 0) is 9.53 Å². The minimum Gasteiger partial charge on any atom is -0.481 e. The average molecular weight is 399 g/mol. The maximum Gasteiger partial charge on any atom is 0.265 e. The number of hydrogen-bond donors (Lipinski definition) is 2. The number of para-hydroxylation sites is 1. The van der Waals surface area contributed by atoms with Crippen LogP contribution in [0.2, 0.25) is 0 Å². The van der Waals surface area contributed by atoms with Crippen LogP contribution in [0.25, 0.3) is 0 Å². The number of carbonyl (C=O) groups excluding carboxylic acids is 2. The third-order valence-electron chi connectivity index (χ3n) is 4.49. The molecule has 1 unspecified atom stereocenters. The molecule has 2 aromatic rings. The molecule has 0 saturated heterocycles. The van der Waals surface area contributed by atoms with E-state index in [1.54, 1.807) is 38.3 Å². The summed E-state index contributed by atoms with van der Waals surface area (Å²) in [5, 5.41) is 5.57. The van der Waals surface area contributed by atoms with Gasteiger partial charge < -0.3 is 20.1 Å². The van der Waals surface area contributed by atoms with Crippen LogP contribution < -0.4 is 15.4 Å². The molecule has 6 nitrogen and oxygen atoms in total. The number of anilines is 1. The van der Waals surface area contributed by atoms with E-state index >= 15 is 0 Å². The average Bonchev–Trinajstić information content (AvgIpc) is 2.68. The molecule has 29 heavy (non-hydrogen) atoms. The monoisotopic (exact) mass is 398 g/mol. The maximum atomic E-state index is 12.7. The van der Waals surface area contributed by atoms with Crippen molar-refractivity contribution in [1.29, 1.82) is 0 Å². The van der Waals surface area contributed by atoms with E-state index in [1.165, 1.54) is 0 Å². The number of benzene rings is 2. The van der Waals surface area contributed by atoms with Gasteiger partial charge in [-0.25, -0.2) is 0 Å². The minimum atomic E-state index is -0.723. The number of rotatable bonds is 9. The van der Waals surface area contributed by atoms with Crippen molar-refractivity contribution in [2.45, 2.75) is 39.7 Å². The molecule has 0 aliphatic heterocycles. The molecule has 0 radical (unpaired) electrons. The van der Waals surface area contributed by atoms with Gasteiger partial charge in [-0.05, 0) is 49.1 Å². The highest BCUT2D eigenvalue weighted by molar-refractivity contribution is 6.04. The van der Waals surface area contributed by atoms with Crippen LogP contribution >= 0.6 is 0 Å². The van der Waals surface area contributed by atoms with Crippen LogP contribution in [0.5, 0.6) is 5.75 Å². The standard InChI is InChI=1S/C23H30N2O4/c1-15(2)18-11-10-16(3)14-21(18)29-17(4)22(26)25-20-9-7-6-8-19(20)23(27)24-12-13-28-5/h6-11,14-15,17H,12-13H2,1-5H3,(H,24,27)(H,25,26). The number of nitrogens with one attached hydrogen (secondary N) is 2. The molecule has 0 fully saturated rings. The Labute approximate surface area is 172 Å². The molecule has 0 aliphatic rings. The SMILES string of the molecule is COCCNC(=O)c1ccccc1NC(=O)C(C)Oc1cc(C)ccc1C(C)C. The second-order valence-electron chi connectivity index (χ2n) is 7.24. The van der Waals surface area contributed by atoms with Gasteiger partial charge in [-0.2, -0.15) is 0 Å². The Balaban J connectivity index is 2.11. The lowest BCUT2D eigenvalue weighted by Crippen LogP contribution is -2.32. The topological polar surface area (TPSA) is 76.7 Å². The lowest BCUT2D eigenvalue weighted by molar-refractivity contribution is -0.122. The van der Waals surface area contributed by atoms with E-state index in [9.17, 15) is 9.59 Å². The highest BCUT2D eigenvalue weighted by Crippen LogP contribution is 2.28. The zero-order chi connectivity index (χ0) is 21.4. The Kier molecular flexibility index (Phi) is 8.21. The van der Waals surface area contributed by atoms with Crippen LogP contribution in [0.15, 0.2) is 42.5 Å². The zero-order valence-corrected chi connectivity index (χ0v) is 17.7. The van der Waals surface area contributed by atoms with E-state index in [-0.39, 0.29) is 17.7 Å². The van der Waals surface area contributed by atoms with Gasteiger partial charge in [0, 0.05) is 13.7 Å². The highest BCUT2D eigenvalue weighted by Gasteiger charge is 2.20. The summed E-state index contributed by atoms with van der Waals surface area (Å²) in [6, 6.07) is 12.9. The van der Waals surface area contributed by atoms with E-state index in [1.807, 2.05) is 25.1 Å². The quantitative estimate of drug-likeness (QED) is 0.628. The molecule has 0 spiro atoms. The summed E-state index contributed by atoms with van der Waals surface area (Å²) in [6.07, 6.45) is -0.723. The number of ether oxygens (including phenoxy) is 2. The highest BCUT2D eigenvalue weighted by atomic mass is 16.5. The molecule has 156 valence electrons. The first-order valence-electron chi connectivity index (χ1n) is 9.77. The number of carbonyl (C=O) groups is 2. The second kappa shape index (κ2) is 10.6. The molecule has 0 saturated carbocycles. The van der Waals surface area contributed by atoms with E-state index in [4.69, 9.17) is 9.47 Å². The van der Waals surface area contributed by atoms with Gasteiger partial charge in [-0.15, -0.1) is 0 Å². The molecule has 6 heteroatoms. The van der Waals surface area contributed by atoms with Crippen LogP contribution in [0.4, 0.5) is 5.69 Å². The van der Waals surface area contributed by atoms with E-state index in [2.05, 4.69) is 24.5 Å². The predicted octanol–water partition coefficient (Wildman–Crippen LogP) is 3.90. The molecule has 2 rings (SSSR count). The lowest BCUT2D eigenvalue weighted by atomic mass is 10.0.